The van der Waals surface area contributed by atoms with Crippen LogP contribution in [0, 0.1) is 11.7 Å². The predicted octanol–water partition coefficient (Wildman–Crippen LogP) is 5.14. The van der Waals surface area contributed by atoms with E-state index in [2.05, 4.69) is 23.0 Å². The number of H-pyrrole nitrogens is 1. The average molecular weight is 473 g/mol. The van der Waals surface area contributed by atoms with Crippen molar-refractivity contribution in [1.29, 1.82) is 0 Å². The van der Waals surface area contributed by atoms with Crippen molar-refractivity contribution in [2.45, 2.75) is 50.5 Å². The number of amides is 1. The minimum atomic E-state index is -0.408. The number of pyridine rings is 1. The summed E-state index contributed by atoms with van der Waals surface area (Å²) in [7, 11) is 0. The first-order valence-electron chi connectivity index (χ1n) is 12.5. The number of carbonyl (C=O) groups is 1. The van der Waals surface area contributed by atoms with Crippen LogP contribution in [0.25, 0.3) is 21.9 Å². The maximum absolute atomic E-state index is 13.9. The predicted molar refractivity (Wildman–Crippen MR) is 133 cm³/mol. The number of fused-ring (bicyclic) bond motifs is 2. The molecule has 2 aliphatic rings. The number of halogens is 1. The van der Waals surface area contributed by atoms with Crippen LogP contribution in [0.2, 0.25) is 0 Å². The van der Waals surface area contributed by atoms with E-state index in [1.165, 1.54) is 11.6 Å². The van der Waals surface area contributed by atoms with Gasteiger partial charge in [0.15, 0.2) is 0 Å². The number of nitrogens with zero attached hydrogens (tertiary/aromatic N) is 3. The van der Waals surface area contributed by atoms with Gasteiger partial charge in [0.1, 0.15) is 11.6 Å². The highest BCUT2D eigenvalue weighted by molar-refractivity contribution is 5.97. The molecule has 4 aromatic rings. The Hall–Kier alpha value is -3.32. The van der Waals surface area contributed by atoms with Crippen molar-refractivity contribution in [3.8, 4) is 0 Å². The zero-order valence-corrected chi connectivity index (χ0v) is 19.7. The molecular weight excluding hydrogens is 443 g/mol. The maximum Gasteiger partial charge on any atom is 0.254 e. The van der Waals surface area contributed by atoms with E-state index >= 15 is 0 Å². The minimum absolute atomic E-state index is 0.0587. The van der Waals surface area contributed by atoms with Gasteiger partial charge in [-0.1, -0.05) is 6.92 Å². The summed E-state index contributed by atoms with van der Waals surface area (Å²) in [5, 5.41) is 10.4. The quantitative estimate of drug-likeness (QED) is 0.431. The van der Waals surface area contributed by atoms with Crippen LogP contribution in [0.5, 0.6) is 0 Å². The Kier molecular flexibility index (Phi) is 5.52. The van der Waals surface area contributed by atoms with E-state index < -0.39 is 6.10 Å². The van der Waals surface area contributed by atoms with Crippen molar-refractivity contribution in [3.63, 3.8) is 0 Å². The topological polar surface area (TPSA) is 82.1 Å². The molecule has 35 heavy (non-hydrogen) atoms. The Morgan fingerprint density at radius 2 is 1.89 bits per heavy atom. The summed E-state index contributed by atoms with van der Waals surface area (Å²) in [4.78, 5) is 27.0. The van der Waals surface area contributed by atoms with E-state index in [1.54, 1.807) is 17.0 Å². The number of aliphatic hydroxyl groups excluding tert-OH is 1. The number of likely N-dealkylation sites (tertiary alicyclic amines) is 1. The number of carbonyl (C=O) groups excluding carboxylic acids is 1. The van der Waals surface area contributed by atoms with Gasteiger partial charge in [0.05, 0.1) is 22.7 Å². The number of nitrogens with one attached hydrogen (secondary N) is 1. The lowest BCUT2D eigenvalue weighted by Crippen LogP contribution is -2.53. The van der Waals surface area contributed by atoms with E-state index in [1.807, 2.05) is 24.4 Å². The van der Waals surface area contributed by atoms with E-state index in [4.69, 9.17) is 4.98 Å². The summed E-state index contributed by atoms with van der Waals surface area (Å²) in [5.74, 6) is 1.89. The first kappa shape index (κ1) is 22.2. The molecule has 1 aliphatic carbocycles. The molecule has 6 nitrogen and oxygen atoms in total. The Labute approximate surface area is 203 Å². The molecule has 0 unspecified atom stereocenters. The number of aromatic amines is 1. The average Bonchev–Trinajstić information content (AvgIpc) is 3.29. The molecular formula is C28H29FN4O2. The first-order chi connectivity index (χ1) is 17.0. The molecule has 1 saturated heterocycles. The maximum atomic E-state index is 13.9. The second-order valence-corrected chi connectivity index (χ2v) is 10.2. The molecule has 1 aliphatic heterocycles. The second-order valence-electron chi connectivity index (χ2n) is 10.2. The molecule has 2 N–H and O–H groups in total. The smallest absolute Gasteiger partial charge is 0.254 e. The normalized spacial score (nSPS) is 21.9. The Morgan fingerprint density at radius 1 is 1.09 bits per heavy atom. The number of hydrogen-bond acceptors (Lipinski definition) is 4. The fourth-order valence-corrected chi connectivity index (χ4v) is 5.83. The lowest BCUT2D eigenvalue weighted by atomic mass is 9.73. The summed E-state index contributed by atoms with van der Waals surface area (Å²) in [5.41, 5.74) is 4.40. The Morgan fingerprint density at radius 3 is 2.66 bits per heavy atom. The highest BCUT2D eigenvalue weighted by Gasteiger charge is 2.31. The van der Waals surface area contributed by atoms with Crippen molar-refractivity contribution in [2.75, 3.05) is 13.1 Å². The van der Waals surface area contributed by atoms with Gasteiger partial charge in [0.25, 0.3) is 5.91 Å². The molecule has 2 aromatic heterocycles. The number of aliphatic hydroxyl groups is 1. The van der Waals surface area contributed by atoms with Gasteiger partial charge in [-0.05, 0) is 85.5 Å². The van der Waals surface area contributed by atoms with Crippen LogP contribution in [0.4, 0.5) is 4.39 Å². The molecule has 3 heterocycles. The van der Waals surface area contributed by atoms with Crippen LogP contribution in [-0.2, 0) is 0 Å². The largest absolute Gasteiger partial charge is 0.389 e. The Balaban J connectivity index is 1.16. The van der Waals surface area contributed by atoms with Gasteiger partial charge >= 0.3 is 0 Å². The van der Waals surface area contributed by atoms with Crippen molar-refractivity contribution < 1.29 is 14.3 Å². The van der Waals surface area contributed by atoms with Gasteiger partial charge in [-0.2, -0.15) is 0 Å². The molecule has 0 spiro atoms. The summed E-state index contributed by atoms with van der Waals surface area (Å²) in [6.07, 6.45) is 5.72. The van der Waals surface area contributed by atoms with Gasteiger partial charge in [0.2, 0.25) is 0 Å². The van der Waals surface area contributed by atoms with E-state index in [0.29, 0.717) is 30.5 Å². The summed E-state index contributed by atoms with van der Waals surface area (Å²) >= 11 is 0. The van der Waals surface area contributed by atoms with E-state index in [-0.39, 0.29) is 17.6 Å². The van der Waals surface area contributed by atoms with Crippen molar-refractivity contribution in [3.05, 3.63) is 71.4 Å². The van der Waals surface area contributed by atoms with Gasteiger partial charge in [-0.15, -0.1) is 0 Å². The molecule has 0 bridgehead atoms. The van der Waals surface area contributed by atoms with Gasteiger partial charge in [-0.25, -0.2) is 9.37 Å². The van der Waals surface area contributed by atoms with Gasteiger partial charge in [-0.3, -0.25) is 9.78 Å². The molecule has 2 fully saturated rings. The second kappa shape index (κ2) is 8.72. The Bertz CT molecular complexity index is 1400. The standard InChI is InChI=1S/C28H29FN4O2/c1-16(27-31-25-8-6-19(12-26(25)32-27)28(35)33-14-21(34)15-33)17-2-4-18(5-3-17)22-10-11-30-24-9-7-20(29)13-23(22)24/h6-13,16-18,21,34H,2-5,14-15H2,1H3,(H,31,32)/t16-,17-,18+/m1/s1. The number of hydrogen-bond donors (Lipinski definition) is 2. The molecule has 180 valence electrons. The lowest BCUT2D eigenvalue weighted by molar-refractivity contribution is 0.00590. The third kappa shape index (κ3) is 4.08. The lowest BCUT2D eigenvalue weighted by Gasteiger charge is -2.35. The molecule has 0 radical (unpaired) electrons. The van der Waals surface area contributed by atoms with Crippen LogP contribution >= 0.6 is 0 Å². The highest BCUT2D eigenvalue weighted by Crippen LogP contribution is 2.43. The summed E-state index contributed by atoms with van der Waals surface area (Å²) in [6, 6.07) is 12.5. The molecule has 2 aromatic carbocycles. The SMILES string of the molecule is C[C@@H](c1nc2cc(C(=O)N3CC(O)C3)ccc2[nH]1)[C@H]1CC[C@@H](c2ccnc3ccc(F)cc32)CC1. The third-order valence-electron chi connectivity index (χ3n) is 7.99. The highest BCUT2D eigenvalue weighted by atomic mass is 19.1. The number of aromatic nitrogens is 3. The van der Waals surface area contributed by atoms with Crippen LogP contribution < -0.4 is 0 Å². The monoisotopic (exact) mass is 472 g/mol. The van der Waals surface area contributed by atoms with Gasteiger partial charge < -0.3 is 15.0 Å². The number of rotatable bonds is 4. The van der Waals surface area contributed by atoms with Gasteiger partial charge in [0, 0.05) is 36.2 Å². The molecule has 6 rings (SSSR count). The fourth-order valence-electron chi connectivity index (χ4n) is 5.83. The molecule has 1 saturated carbocycles. The number of imidazole rings is 1. The zero-order chi connectivity index (χ0) is 24.1. The van der Waals surface area contributed by atoms with Crippen LogP contribution in [0.15, 0.2) is 48.7 Å². The van der Waals surface area contributed by atoms with Crippen molar-refractivity contribution in [1.82, 2.24) is 19.9 Å². The third-order valence-corrected chi connectivity index (χ3v) is 7.99. The van der Waals surface area contributed by atoms with Crippen molar-refractivity contribution >= 4 is 27.8 Å². The fraction of sp³-hybridized carbons (Fsp3) is 0.393. The minimum Gasteiger partial charge on any atom is -0.389 e. The number of β-amino-alcohol motifs (C(OH)–C–C–N with tert-alkyl or cyclic N) is 1. The van der Waals surface area contributed by atoms with Crippen LogP contribution in [-0.4, -0.2) is 50.1 Å². The molecule has 7 heteroatoms. The zero-order valence-electron chi connectivity index (χ0n) is 19.7. The van der Waals surface area contributed by atoms with Crippen molar-refractivity contribution in [2.24, 2.45) is 5.92 Å². The van der Waals surface area contributed by atoms with E-state index in [0.717, 1.165) is 53.4 Å². The number of benzene rings is 2. The summed E-state index contributed by atoms with van der Waals surface area (Å²) in [6.45, 7) is 3.02. The van der Waals surface area contributed by atoms with E-state index in [9.17, 15) is 14.3 Å². The first-order valence-corrected chi connectivity index (χ1v) is 12.5. The molecule has 1 amide bonds. The molecule has 1 atom stereocenters. The summed E-state index contributed by atoms with van der Waals surface area (Å²) < 4.78 is 13.9. The van der Waals surface area contributed by atoms with Crippen LogP contribution in [0.1, 0.15) is 66.2 Å². The van der Waals surface area contributed by atoms with Crippen LogP contribution in [0.3, 0.4) is 0 Å².